The number of aliphatic imine (C=N–C) groups is 1. The first-order valence-corrected chi connectivity index (χ1v) is 10.5. The molecule has 0 fully saturated rings. The molecular formula is C22H37IN6O2. The molecule has 3 N–H and O–H groups in total. The molecule has 0 aliphatic carbocycles. The lowest BCUT2D eigenvalue weighted by atomic mass is 10.00. The van der Waals surface area contributed by atoms with Crippen LogP contribution in [0.25, 0.3) is 0 Å². The highest BCUT2D eigenvalue weighted by Crippen LogP contribution is 2.18. The zero-order chi connectivity index (χ0) is 22.1. The van der Waals surface area contributed by atoms with E-state index in [-0.39, 0.29) is 30.1 Å². The maximum Gasteiger partial charge on any atom is 0.213 e. The van der Waals surface area contributed by atoms with Gasteiger partial charge in [0, 0.05) is 37.6 Å². The monoisotopic (exact) mass is 544 g/mol. The Bertz CT molecular complexity index is 822. The number of nitrogens with one attached hydrogen (secondary N) is 2. The van der Waals surface area contributed by atoms with E-state index in [1.807, 2.05) is 32.3 Å². The summed E-state index contributed by atoms with van der Waals surface area (Å²) >= 11 is 0. The number of aromatic nitrogens is 3. The molecule has 0 aliphatic heterocycles. The second-order valence-electron chi connectivity index (χ2n) is 8.29. The Hall–Kier alpha value is -1.88. The van der Waals surface area contributed by atoms with Gasteiger partial charge in [0.1, 0.15) is 5.60 Å². The van der Waals surface area contributed by atoms with Gasteiger partial charge in [-0.2, -0.15) is 5.10 Å². The SMILES string of the molecule is CCNC(=NCc1ccnc(OC(C)CC(C)C)c1)NCC(C)(O)c1cnn(C)c1.I. The van der Waals surface area contributed by atoms with Crippen molar-refractivity contribution in [3.05, 3.63) is 41.9 Å². The smallest absolute Gasteiger partial charge is 0.213 e. The highest BCUT2D eigenvalue weighted by molar-refractivity contribution is 14.0. The van der Waals surface area contributed by atoms with Gasteiger partial charge in [-0.05, 0) is 44.7 Å². The number of nitrogens with zero attached hydrogens (tertiary/aromatic N) is 4. The molecule has 0 saturated carbocycles. The molecule has 8 nitrogen and oxygen atoms in total. The maximum atomic E-state index is 10.8. The highest BCUT2D eigenvalue weighted by Gasteiger charge is 2.25. The number of aryl methyl sites for hydroxylation is 1. The Morgan fingerprint density at radius 1 is 1.32 bits per heavy atom. The quantitative estimate of drug-likeness (QED) is 0.242. The minimum atomic E-state index is -1.06. The van der Waals surface area contributed by atoms with E-state index in [0.717, 1.165) is 24.1 Å². The molecule has 174 valence electrons. The van der Waals surface area contributed by atoms with Crippen LogP contribution in [0.15, 0.2) is 35.7 Å². The second-order valence-corrected chi connectivity index (χ2v) is 8.29. The first kappa shape index (κ1) is 27.2. The average Bonchev–Trinajstić information content (AvgIpc) is 3.11. The summed E-state index contributed by atoms with van der Waals surface area (Å²) in [4.78, 5) is 8.94. The van der Waals surface area contributed by atoms with Gasteiger partial charge < -0.3 is 20.5 Å². The van der Waals surface area contributed by atoms with Gasteiger partial charge in [0.15, 0.2) is 5.96 Å². The van der Waals surface area contributed by atoms with Crippen molar-refractivity contribution in [2.45, 2.75) is 59.3 Å². The van der Waals surface area contributed by atoms with Crippen molar-refractivity contribution < 1.29 is 9.84 Å². The van der Waals surface area contributed by atoms with Crippen LogP contribution >= 0.6 is 24.0 Å². The number of rotatable bonds is 10. The van der Waals surface area contributed by atoms with Crippen LogP contribution in [0.2, 0.25) is 0 Å². The molecule has 2 heterocycles. The Labute approximate surface area is 202 Å². The fourth-order valence-corrected chi connectivity index (χ4v) is 3.10. The van der Waals surface area contributed by atoms with E-state index in [2.05, 4.69) is 46.5 Å². The minimum Gasteiger partial charge on any atom is -0.475 e. The summed E-state index contributed by atoms with van der Waals surface area (Å²) in [7, 11) is 1.83. The van der Waals surface area contributed by atoms with Crippen LogP contribution in [0.5, 0.6) is 5.88 Å². The van der Waals surface area contributed by atoms with Crippen molar-refractivity contribution in [2.75, 3.05) is 13.1 Å². The molecule has 2 atom stereocenters. The summed E-state index contributed by atoms with van der Waals surface area (Å²) in [5.74, 6) is 1.83. The van der Waals surface area contributed by atoms with Crippen LogP contribution in [-0.4, -0.2) is 45.0 Å². The number of pyridine rings is 1. The molecule has 2 rings (SSSR count). The lowest BCUT2D eigenvalue weighted by Crippen LogP contribution is -2.44. The molecule has 2 aromatic heterocycles. The van der Waals surface area contributed by atoms with E-state index in [9.17, 15) is 5.11 Å². The normalized spacial score (nSPS) is 14.5. The zero-order valence-electron chi connectivity index (χ0n) is 19.4. The predicted octanol–water partition coefficient (Wildman–Crippen LogP) is 3.21. The Morgan fingerprint density at radius 2 is 2.06 bits per heavy atom. The Balaban J connectivity index is 0.00000480. The zero-order valence-corrected chi connectivity index (χ0v) is 21.8. The van der Waals surface area contributed by atoms with Gasteiger partial charge in [0.05, 0.1) is 25.4 Å². The molecule has 9 heteroatoms. The van der Waals surface area contributed by atoms with Crippen molar-refractivity contribution in [1.29, 1.82) is 0 Å². The molecule has 0 radical (unpaired) electrons. The molecule has 0 spiro atoms. The van der Waals surface area contributed by atoms with Gasteiger partial charge in [-0.1, -0.05) is 13.8 Å². The fraction of sp³-hybridized carbons (Fsp3) is 0.591. The van der Waals surface area contributed by atoms with E-state index in [0.29, 0.717) is 30.8 Å². The van der Waals surface area contributed by atoms with Crippen LogP contribution in [-0.2, 0) is 19.2 Å². The molecule has 2 aromatic rings. The topological polar surface area (TPSA) is 96.6 Å². The van der Waals surface area contributed by atoms with Crippen LogP contribution in [0, 0.1) is 5.92 Å². The fourth-order valence-electron chi connectivity index (χ4n) is 3.10. The van der Waals surface area contributed by atoms with Gasteiger partial charge in [0.2, 0.25) is 5.88 Å². The molecule has 0 aromatic carbocycles. The van der Waals surface area contributed by atoms with Crippen LogP contribution in [0.1, 0.15) is 52.2 Å². The standard InChI is InChI=1S/C22H36N6O2.HI/c1-7-23-21(26-15-22(5,29)19-13-27-28(6)14-19)25-12-18-8-9-24-20(11-18)30-17(4)10-16(2)3;/h8-9,11,13-14,16-17,29H,7,10,12,15H2,1-6H3,(H2,23,25,26);1H. The summed E-state index contributed by atoms with van der Waals surface area (Å²) in [6.07, 6.45) is 6.32. The van der Waals surface area contributed by atoms with E-state index in [4.69, 9.17) is 4.74 Å². The number of aliphatic hydroxyl groups is 1. The molecule has 0 aliphatic rings. The molecule has 0 saturated heterocycles. The summed E-state index contributed by atoms with van der Waals surface area (Å²) < 4.78 is 7.61. The van der Waals surface area contributed by atoms with Crippen LogP contribution < -0.4 is 15.4 Å². The van der Waals surface area contributed by atoms with E-state index in [1.54, 1.807) is 24.0 Å². The third kappa shape index (κ3) is 9.42. The van der Waals surface area contributed by atoms with Crippen molar-refractivity contribution in [1.82, 2.24) is 25.4 Å². The summed E-state index contributed by atoms with van der Waals surface area (Å²) in [5.41, 5.74) is 0.696. The summed E-state index contributed by atoms with van der Waals surface area (Å²) in [5, 5.41) is 21.3. The second kappa shape index (κ2) is 12.8. The third-order valence-corrected chi connectivity index (χ3v) is 4.62. The number of guanidine groups is 1. The molecule has 2 unspecified atom stereocenters. The van der Waals surface area contributed by atoms with Crippen LogP contribution in [0.4, 0.5) is 0 Å². The molecule has 0 bridgehead atoms. The van der Waals surface area contributed by atoms with Gasteiger partial charge >= 0.3 is 0 Å². The van der Waals surface area contributed by atoms with Gasteiger partial charge in [-0.15, -0.1) is 24.0 Å². The third-order valence-electron chi connectivity index (χ3n) is 4.62. The maximum absolute atomic E-state index is 10.8. The predicted molar refractivity (Wildman–Crippen MR) is 135 cm³/mol. The van der Waals surface area contributed by atoms with E-state index in [1.165, 1.54) is 0 Å². The summed E-state index contributed by atoms with van der Waals surface area (Å²) in [6, 6.07) is 3.86. The minimum absolute atomic E-state index is 0. The van der Waals surface area contributed by atoms with Gasteiger partial charge in [-0.3, -0.25) is 4.68 Å². The number of halogens is 1. The molecule has 31 heavy (non-hydrogen) atoms. The molecular weight excluding hydrogens is 507 g/mol. The van der Waals surface area contributed by atoms with Crippen molar-refractivity contribution in [2.24, 2.45) is 18.0 Å². The Kier molecular flexibility index (Phi) is 11.3. The lowest BCUT2D eigenvalue weighted by molar-refractivity contribution is 0.0616. The first-order chi connectivity index (χ1) is 14.2. The first-order valence-electron chi connectivity index (χ1n) is 10.5. The van der Waals surface area contributed by atoms with E-state index >= 15 is 0 Å². The van der Waals surface area contributed by atoms with Gasteiger partial charge in [-0.25, -0.2) is 9.98 Å². The largest absolute Gasteiger partial charge is 0.475 e. The Morgan fingerprint density at radius 3 is 2.68 bits per heavy atom. The van der Waals surface area contributed by atoms with Crippen molar-refractivity contribution >= 4 is 29.9 Å². The highest BCUT2D eigenvalue weighted by atomic mass is 127. The average molecular weight is 544 g/mol. The van der Waals surface area contributed by atoms with Crippen LogP contribution in [0.3, 0.4) is 0 Å². The molecule has 0 amide bonds. The van der Waals surface area contributed by atoms with Gasteiger partial charge in [0.25, 0.3) is 0 Å². The summed E-state index contributed by atoms with van der Waals surface area (Å²) in [6.45, 7) is 11.7. The number of hydrogen-bond donors (Lipinski definition) is 3. The lowest BCUT2D eigenvalue weighted by Gasteiger charge is -2.23. The number of hydrogen-bond acceptors (Lipinski definition) is 5. The number of ether oxygens (including phenoxy) is 1. The van der Waals surface area contributed by atoms with Crippen molar-refractivity contribution in [3.63, 3.8) is 0 Å². The van der Waals surface area contributed by atoms with E-state index < -0.39 is 5.60 Å². The van der Waals surface area contributed by atoms with Crippen molar-refractivity contribution in [3.8, 4) is 5.88 Å².